The molecule has 0 radical (unpaired) electrons. The molecule has 1 fully saturated rings. The van der Waals surface area contributed by atoms with E-state index in [9.17, 15) is 18.0 Å². The first-order valence-electron chi connectivity index (χ1n) is 12.0. The molecule has 4 rings (SSSR count). The number of carbonyl (C=O) groups is 2. The Morgan fingerprint density at radius 2 is 1.50 bits per heavy atom. The van der Waals surface area contributed by atoms with Gasteiger partial charge in [-0.3, -0.25) is 4.79 Å². The molecule has 0 aromatic heterocycles. The van der Waals surface area contributed by atoms with Gasteiger partial charge in [0.05, 0.1) is 10.5 Å². The Labute approximate surface area is 212 Å². The largest absolute Gasteiger partial charge is 0.452 e. The van der Waals surface area contributed by atoms with Crippen LogP contribution in [0, 0.1) is 5.92 Å². The van der Waals surface area contributed by atoms with Crippen molar-refractivity contribution in [3.63, 3.8) is 0 Å². The first kappa shape index (κ1) is 25.6. The number of carbonyl (C=O) groups excluding carboxylic acids is 2. The lowest BCUT2D eigenvalue weighted by Gasteiger charge is -2.32. The highest BCUT2D eigenvalue weighted by Crippen LogP contribution is 2.22. The molecule has 0 saturated carbocycles. The third-order valence-corrected chi connectivity index (χ3v) is 7.75. The summed E-state index contributed by atoms with van der Waals surface area (Å²) in [6, 6.07) is 25.1. The van der Waals surface area contributed by atoms with Gasteiger partial charge < -0.3 is 9.64 Å². The fourth-order valence-electron chi connectivity index (χ4n) is 4.28. The zero-order chi connectivity index (χ0) is 25.4. The summed E-state index contributed by atoms with van der Waals surface area (Å²) in [5.74, 6) is -0.448. The molecule has 1 aliphatic rings. The van der Waals surface area contributed by atoms with Crippen LogP contribution in [0.3, 0.4) is 0 Å². The second-order valence-corrected chi connectivity index (χ2v) is 10.7. The second kappa shape index (κ2) is 12.0. The van der Waals surface area contributed by atoms with Crippen LogP contribution in [0.1, 0.15) is 34.3 Å². The van der Waals surface area contributed by atoms with E-state index >= 15 is 0 Å². The van der Waals surface area contributed by atoms with Crippen LogP contribution in [0.4, 0.5) is 0 Å². The van der Waals surface area contributed by atoms with Gasteiger partial charge in [-0.1, -0.05) is 66.7 Å². The van der Waals surface area contributed by atoms with Crippen LogP contribution in [0.25, 0.3) is 0 Å². The van der Waals surface area contributed by atoms with Gasteiger partial charge in [0.1, 0.15) is 0 Å². The number of hydrogen-bond acceptors (Lipinski definition) is 5. The van der Waals surface area contributed by atoms with Crippen LogP contribution >= 0.6 is 0 Å². The summed E-state index contributed by atoms with van der Waals surface area (Å²) in [4.78, 5) is 26.8. The molecular formula is C28H30N2O5S. The molecule has 1 heterocycles. The zero-order valence-electron chi connectivity index (χ0n) is 20.0. The zero-order valence-corrected chi connectivity index (χ0v) is 20.8. The third kappa shape index (κ3) is 7.02. The van der Waals surface area contributed by atoms with Crippen LogP contribution in [0.15, 0.2) is 89.8 Å². The smallest absolute Gasteiger partial charge is 0.338 e. The molecule has 188 valence electrons. The van der Waals surface area contributed by atoms with Gasteiger partial charge in [-0.25, -0.2) is 17.9 Å². The molecule has 1 aliphatic heterocycles. The molecule has 0 spiro atoms. The standard InChI is InChI=1S/C28H30N2O5S/c31-27(30-16-14-23(15-17-30)18-22-8-3-1-4-9-22)21-35-28(32)25-12-7-13-26(19-25)36(33,34)29-20-24-10-5-2-6-11-24/h1-13,19,23,29H,14-18,20-21H2. The predicted octanol–water partition coefficient (Wildman–Crippen LogP) is 3.80. The number of hydrogen-bond donors (Lipinski definition) is 1. The average molecular weight is 507 g/mol. The number of nitrogens with one attached hydrogen (secondary N) is 1. The maximum absolute atomic E-state index is 12.7. The minimum atomic E-state index is -3.82. The monoisotopic (exact) mass is 506 g/mol. The Morgan fingerprint density at radius 3 is 2.17 bits per heavy atom. The molecule has 7 nitrogen and oxygen atoms in total. The molecule has 3 aromatic rings. The molecule has 1 saturated heterocycles. The molecule has 0 unspecified atom stereocenters. The first-order valence-corrected chi connectivity index (χ1v) is 13.5. The molecule has 36 heavy (non-hydrogen) atoms. The van der Waals surface area contributed by atoms with Crippen LogP contribution in [0.5, 0.6) is 0 Å². The number of ether oxygens (including phenoxy) is 1. The topological polar surface area (TPSA) is 92.8 Å². The highest BCUT2D eigenvalue weighted by Gasteiger charge is 2.24. The Bertz CT molecular complexity index is 1270. The van der Waals surface area contributed by atoms with E-state index in [-0.39, 0.29) is 29.5 Å². The van der Waals surface area contributed by atoms with Crippen LogP contribution in [0.2, 0.25) is 0 Å². The normalized spacial score (nSPS) is 14.4. The third-order valence-electron chi connectivity index (χ3n) is 6.35. The number of rotatable bonds is 9. The second-order valence-electron chi connectivity index (χ2n) is 8.93. The van der Waals surface area contributed by atoms with Gasteiger partial charge >= 0.3 is 5.97 Å². The fourth-order valence-corrected chi connectivity index (χ4v) is 5.35. The van der Waals surface area contributed by atoms with Gasteiger partial charge in [0.15, 0.2) is 6.61 Å². The fraction of sp³-hybridized carbons (Fsp3) is 0.286. The number of piperidine rings is 1. The summed E-state index contributed by atoms with van der Waals surface area (Å²) in [5.41, 5.74) is 2.20. The van der Waals surface area contributed by atoms with Crippen molar-refractivity contribution in [1.29, 1.82) is 0 Å². The van der Waals surface area contributed by atoms with Crippen LogP contribution < -0.4 is 4.72 Å². The van der Waals surface area contributed by atoms with Crippen molar-refractivity contribution in [3.8, 4) is 0 Å². The minimum Gasteiger partial charge on any atom is -0.452 e. The first-order chi connectivity index (χ1) is 17.4. The number of amides is 1. The Hall–Kier alpha value is -3.49. The Kier molecular flexibility index (Phi) is 8.51. The van der Waals surface area contributed by atoms with E-state index < -0.39 is 16.0 Å². The minimum absolute atomic E-state index is 0.0419. The highest BCUT2D eigenvalue weighted by molar-refractivity contribution is 7.89. The molecule has 0 bridgehead atoms. The molecule has 0 atom stereocenters. The average Bonchev–Trinajstić information content (AvgIpc) is 2.92. The molecule has 1 amide bonds. The van der Waals surface area contributed by atoms with E-state index in [1.165, 1.54) is 29.8 Å². The summed E-state index contributed by atoms with van der Waals surface area (Å²) in [7, 11) is -3.82. The Balaban J connectivity index is 1.26. The molecule has 3 aromatic carbocycles. The number of sulfonamides is 1. The summed E-state index contributed by atoms with van der Waals surface area (Å²) in [6.45, 7) is 1.03. The molecule has 0 aliphatic carbocycles. The van der Waals surface area contributed by atoms with E-state index in [1.54, 1.807) is 4.90 Å². The van der Waals surface area contributed by atoms with Crippen molar-refractivity contribution in [1.82, 2.24) is 9.62 Å². The van der Waals surface area contributed by atoms with Gasteiger partial charge in [0, 0.05) is 19.6 Å². The molecule has 1 N–H and O–H groups in total. The van der Waals surface area contributed by atoms with Gasteiger partial charge in [0.25, 0.3) is 5.91 Å². The lowest BCUT2D eigenvalue weighted by Crippen LogP contribution is -2.41. The van der Waals surface area contributed by atoms with E-state index in [4.69, 9.17) is 4.74 Å². The number of benzene rings is 3. The van der Waals surface area contributed by atoms with E-state index in [0.29, 0.717) is 19.0 Å². The summed E-state index contributed by atoms with van der Waals surface area (Å²) in [5, 5.41) is 0. The maximum atomic E-state index is 12.7. The highest BCUT2D eigenvalue weighted by atomic mass is 32.2. The van der Waals surface area contributed by atoms with Crippen molar-refractivity contribution in [2.24, 2.45) is 5.92 Å². The van der Waals surface area contributed by atoms with Gasteiger partial charge in [0.2, 0.25) is 10.0 Å². The maximum Gasteiger partial charge on any atom is 0.338 e. The quantitative estimate of drug-likeness (QED) is 0.446. The molecule has 8 heteroatoms. The van der Waals surface area contributed by atoms with Crippen molar-refractivity contribution in [2.75, 3.05) is 19.7 Å². The van der Waals surface area contributed by atoms with E-state index in [2.05, 4.69) is 16.9 Å². The van der Waals surface area contributed by atoms with Gasteiger partial charge in [-0.15, -0.1) is 0 Å². The lowest BCUT2D eigenvalue weighted by atomic mass is 9.90. The van der Waals surface area contributed by atoms with E-state index in [1.807, 2.05) is 48.5 Å². The molecular weight excluding hydrogens is 476 g/mol. The van der Waals surface area contributed by atoms with Crippen molar-refractivity contribution < 1.29 is 22.7 Å². The Morgan fingerprint density at radius 1 is 0.861 bits per heavy atom. The van der Waals surface area contributed by atoms with Crippen molar-refractivity contribution >= 4 is 21.9 Å². The van der Waals surface area contributed by atoms with Crippen LogP contribution in [-0.4, -0.2) is 44.9 Å². The van der Waals surface area contributed by atoms with Crippen molar-refractivity contribution in [2.45, 2.75) is 30.7 Å². The predicted molar refractivity (Wildman–Crippen MR) is 137 cm³/mol. The summed E-state index contributed by atoms with van der Waals surface area (Å²) in [6.07, 6.45) is 2.81. The summed E-state index contributed by atoms with van der Waals surface area (Å²) < 4.78 is 33.1. The number of nitrogens with zero attached hydrogens (tertiary/aromatic N) is 1. The van der Waals surface area contributed by atoms with Gasteiger partial charge in [-0.2, -0.15) is 0 Å². The van der Waals surface area contributed by atoms with Crippen LogP contribution in [-0.2, 0) is 32.5 Å². The SMILES string of the molecule is O=C(OCC(=O)N1CCC(Cc2ccccc2)CC1)c1cccc(S(=O)(=O)NCc2ccccc2)c1. The lowest BCUT2D eigenvalue weighted by molar-refractivity contribution is -0.135. The number of esters is 1. The van der Waals surface area contributed by atoms with Gasteiger partial charge in [-0.05, 0) is 54.5 Å². The van der Waals surface area contributed by atoms with E-state index in [0.717, 1.165) is 24.8 Å². The van der Waals surface area contributed by atoms with Crippen molar-refractivity contribution in [3.05, 3.63) is 102 Å². The summed E-state index contributed by atoms with van der Waals surface area (Å²) >= 11 is 0. The number of likely N-dealkylation sites (tertiary alicyclic amines) is 1.